The fourth-order valence-corrected chi connectivity index (χ4v) is 2.58. The fourth-order valence-electron chi connectivity index (χ4n) is 2.58. The molecule has 1 aromatic carbocycles. The summed E-state index contributed by atoms with van der Waals surface area (Å²) in [5.41, 5.74) is 8.48. The van der Waals surface area contributed by atoms with Gasteiger partial charge in [-0.1, -0.05) is 25.5 Å². The van der Waals surface area contributed by atoms with E-state index in [4.69, 9.17) is 10.5 Å². The first-order valence-corrected chi connectivity index (χ1v) is 7.50. The SMILES string of the molecule is CCCCN(CCN)CCc1ccc2c(c1)CCO2. The minimum absolute atomic E-state index is 0.752. The Labute approximate surface area is 116 Å². The molecule has 3 heteroatoms. The lowest BCUT2D eigenvalue weighted by Gasteiger charge is -2.21. The number of fused-ring (bicyclic) bond motifs is 1. The van der Waals surface area contributed by atoms with E-state index in [1.165, 1.54) is 30.5 Å². The zero-order valence-electron chi connectivity index (χ0n) is 12.0. The van der Waals surface area contributed by atoms with Gasteiger partial charge in [0.25, 0.3) is 0 Å². The van der Waals surface area contributed by atoms with Crippen LogP contribution in [0.25, 0.3) is 0 Å². The van der Waals surface area contributed by atoms with Crippen LogP contribution in [0.15, 0.2) is 18.2 Å². The highest BCUT2D eigenvalue weighted by Crippen LogP contribution is 2.26. The van der Waals surface area contributed by atoms with Gasteiger partial charge in [-0.3, -0.25) is 0 Å². The molecular weight excluding hydrogens is 236 g/mol. The van der Waals surface area contributed by atoms with Crippen molar-refractivity contribution in [1.82, 2.24) is 4.90 Å². The number of nitrogens with two attached hydrogens (primary N) is 1. The van der Waals surface area contributed by atoms with Gasteiger partial charge in [-0.2, -0.15) is 0 Å². The number of rotatable bonds is 8. The normalized spacial score (nSPS) is 13.6. The molecule has 1 aliphatic heterocycles. The van der Waals surface area contributed by atoms with E-state index < -0.39 is 0 Å². The van der Waals surface area contributed by atoms with E-state index >= 15 is 0 Å². The van der Waals surface area contributed by atoms with E-state index in [9.17, 15) is 0 Å². The molecule has 0 bridgehead atoms. The first-order valence-electron chi connectivity index (χ1n) is 7.50. The molecule has 0 saturated heterocycles. The first kappa shape index (κ1) is 14.4. The average Bonchev–Trinajstić information content (AvgIpc) is 2.89. The summed E-state index contributed by atoms with van der Waals surface area (Å²) in [7, 11) is 0. The van der Waals surface area contributed by atoms with Crippen LogP contribution in [0.1, 0.15) is 30.9 Å². The number of benzene rings is 1. The van der Waals surface area contributed by atoms with E-state index in [-0.39, 0.29) is 0 Å². The maximum atomic E-state index is 5.69. The zero-order chi connectivity index (χ0) is 13.5. The van der Waals surface area contributed by atoms with Crippen molar-refractivity contribution in [3.8, 4) is 5.75 Å². The van der Waals surface area contributed by atoms with Crippen molar-refractivity contribution in [2.75, 3.05) is 32.8 Å². The quantitative estimate of drug-likeness (QED) is 0.781. The number of ether oxygens (including phenoxy) is 1. The zero-order valence-corrected chi connectivity index (χ0v) is 12.0. The Balaban J connectivity index is 1.85. The third kappa shape index (κ3) is 4.22. The molecule has 1 aromatic rings. The molecule has 2 rings (SSSR count). The van der Waals surface area contributed by atoms with E-state index in [1.54, 1.807) is 0 Å². The summed E-state index contributed by atoms with van der Waals surface area (Å²) in [5, 5.41) is 0. The molecule has 106 valence electrons. The van der Waals surface area contributed by atoms with Crippen LogP contribution in [-0.4, -0.2) is 37.7 Å². The third-order valence-corrected chi connectivity index (χ3v) is 3.74. The van der Waals surface area contributed by atoms with Gasteiger partial charge in [0, 0.05) is 26.1 Å². The van der Waals surface area contributed by atoms with Crippen molar-refractivity contribution in [2.24, 2.45) is 5.73 Å². The second-order valence-electron chi connectivity index (χ2n) is 5.27. The van der Waals surface area contributed by atoms with Gasteiger partial charge in [0.15, 0.2) is 0 Å². The molecule has 0 atom stereocenters. The summed E-state index contributed by atoms with van der Waals surface area (Å²) in [6.07, 6.45) is 4.68. The van der Waals surface area contributed by atoms with Gasteiger partial charge in [-0.25, -0.2) is 0 Å². The fraction of sp³-hybridized carbons (Fsp3) is 0.625. The van der Waals surface area contributed by atoms with Crippen LogP contribution < -0.4 is 10.5 Å². The maximum Gasteiger partial charge on any atom is 0.122 e. The first-order chi connectivity index (χ1) is 9.33. The molecule has 0 fully saturated rings. The second kappa shape index (κ2) is 7.51. The molecule has 2 N–H and O–H groups in total. The van der Waals surface area contributed by atoms with Crippen molar-refractivity contribution in [2.45, 2.75) is 32.6 Å². The van der Waals surface area contributed by atoms with E-state index in [0.29, 0.717) is 0 Å². The highest BCUT2D eigenvalue weighted by atomic mass is 16.5. The number of unbranched alkanes of at least 4 members (excludes halogenated alkanes) is 1. The Hall–Kier alpha value is -1.06. The van der Waals surface area contributed by atoms with Crippen molar-refractivity contribution in [1.29, 1.82) is 0 Å². The van der Waals surface area contributed by atoms with Crippen LogP contribution in [-0.2, 0) is 12.8 Å². The van der Waals surface area contributed by atoms with Crippen molar-refractivity contribution in [3.05, 3.63) is 29.3 Å². The highest BCUT2D eigenvalue weighted by Gasteiger charge is 2.12. The minimum Gasteiger partial charge on any atom is -0.493 e. The predicted octanol–water partition coefficient (Wildman–Crippen LogP) is 2.22. The topological polar surface area (TPSA) is 38.5 Å². The smallest absolute Gasteiger partial charge is 0.122 e. The van der Waals surface area contributed by atoms with Gasteiger partial charge < -0.3 is 15.4 Å². The Morgan fingerprint density at radius 2 is 2.16 bits per heavy atom. The van der Waals surface area contributed by atoms with E-state index in [0.717, 1.165) is 44.8 Å². The van der Waals surface area contributed by atoms with Gasteiger partial charge in [0.05, 0.1) is 6.61 Å². The second-order valence-corrected chi connectivity index (χ2v) is 5.27. The summed E-state index contributed by atoms with van der Waals surface area (Å²) in [6.45, 7) is 7.12. The molecule has 3 nitrogen and oxygen atoms in total. The average molecular weight is 262 g/mol. The molecule has 0 aromatic heterocycles. The number of nitrogens with zero attached hydrogens (tertiary/aromatic N) is 1. The summed E-state index contributed by atoms with van der Waals surface area (Å²) in [5.74, 6) is 1.08. The largest absolute Gasteiger partial charge is 0.493 e. The summed E-state index contributed by atoms with van der Waals surface area (Å²) in [6, 6.07) is 6.63. The molecule has 1 aliphatic rings. The monoisotopic (exact) mass is 262 g/mol. The molecule has 0 amide bonds. The molecule has 0 spiro atoms. The highest BCUT2D eigenvalue weighted by molar-refractivity contribution is 5.39. The van der Waals surface area contributed by atoms with Gasteiger partial charge in [0.1, 0.15) is 5.75 Å². The van der Waals surface area contributed by atoms with Crippen molar-refractivity contribution >= 4 is 0 Å². The van der Waals surface area contributed by atoms with Gasteiger partial charge in [-0.15, -0.1) is 0 Å². The van der Waals surface area contributed by atoms with E-state index in [2.05, 4.69) is 30.0 Å². The van der Waals surface area contributed by atoms with E-state index in [1.807, 2.05) is 0 Å². The van der Waals surface area contributed by atoms with Crippen molar-refractivity contribution < 1.29 is 4.74 Å². The lowest BCUT2D eigenvalue weighted by Crippen LogP contribution is -2.32. The Morgan fingerprint density at radius 1 is 1.26 bits per heavy atom. The third-order valence-electron chi connectivity index (χ3n) is 3.74. The Morgan fingerprint density at radius 3 is 2.95 bits per heavy atom. The molecule has 19 heavy (non-hydrogen) atoms. The number of hydrogen-bond donors (Lipinski definition) is 1. The molecular formula is C16H26N2O. The molecule has 0 unspecified atom stereocenters. The van der Waals surface area contributed by atoms with Crippen LogP contribution in [0.5, 0.6) is 5.75 Å². The lowest BCUT2D eigenvalue weighted by molar-refractivity contribution is 0.280. The molecule has 1 heterocycles. The molecule has 0 saturated carbocycles. The Kier molecular flexibility index (Phi) is 5.67. The van der Waals surface area contributed by atoms with Crippen LogP contribution in [0.2, 0.25) is 0 Å². The predicted molar refractivity (Wildman–Crippen MR) is 79.7 cm³/mol. The molecule has 0 aliphatic carbocycles. The molecule has 0 radical (unpaired) electrons. The van der Waals surface area contributed by atoms with Gasteiger partial charge in [0.2, 0.25) is 0 Å². The summed E-state index contributed by atoms with van der Waals surface area (Å²) >= 11 is 0. The Bertz CT molecular complexity index is 392. The standard InChI is InChI=1S/C16H26N2O/c1-2-3-9-18(11-8-17)10-6-14-4-5-16-15(13-14)7-12-19-16/h4-5,13H,2-3,6-12,17H2,1H3. The van der Waals surface area contributed by atoms with Crippen molar-refractivity contribution in [3.63, 3.8) is 0 Å². The van der Waals surface area contributed by atoms with Crippen LogP contribution in [0, 0.1) is 0 Å². The van der Waals surface area contributed by atoms with Gasteiger partial charge >= 0.3 is 0 Å². The van der Waals surface area contributed by atoms with Crippen LogP contribution in [0.3, 0.4) is 0 Å². The van der Waals surface area contributed by atoms with Crippen LogP contribution >= 0.6 is 0 Å². The maximum absolute atomic E-state index is 5.69. The lowest BCUT2D eigenvalue weighted by atomic mass is 10.1. The summed E-state index contributed by atoms with van der Waals surface area (Å²) in [4.78, 5) is 2.48. The summed E-state index contributed by atoms with van der Waals surface area (Å²) < 4.78 is 5.54. The minimum atomic E-state index is 0.752. The van der Waals surface area contributed by atoms with Gasteiger partial charge in [-0.05, 0) is 36.6 Å². The number of hydrogen-bond acceptors (Lipinski definition) is 3. The van der Waals surface area contributed by atoms with Crippen LogP contribution in [0.4, 0.5) is 0 Å².